The van der Waals surface area contributed by atoms with Gasteiger partial charge in [-0.25, -0.2) is 0 Å². The molecule has 2 aliphatic heterocycles. The van der Waals surface area contributed by atoms with Gasteiger partial charge in [0, 0.05) is 18.6 Å². The normalized spacial score (nSPS) is 31.3. The van der Waals surface area contributed by atoms with Crippen LogP contribution in [-0.2, 0) is 6.54 Å². The van der Waals surface area contributed by atoms with Crippen molar-refractivity contribution < 1.29 is 0 Å². The van der Waals surface area contributed by atoms with Crippen LogP contribution in [0.3, 0.4) is 0 Å². The summed E-state index contributed by atoms with van der Waals surface area (Å²) in [5, 5.41) is 0. The molecule has 2 bridgehead atoms. The standard InChI is InChI=1S/C17H26N2/c18-10-9-15-11-16-7-4-8-17(12-15)19(16)13-14-5-2-1-3-6-14/h1-3,5-6,15-17H,4,7-13,18H2. The molecule has 0 amide bonds. The highest BCUT2D eigenvalue weighted by Gasteiger charge is 2.37. The van der Waals surface area contributed by atoms with Crippen LogP contribution in [0.25, 0.3) is 0 Å². The molecule has 0 radical (unpaired) electrons. The molecule has 0 aliphatic carbocycles. The molecule has 2 unspecified atom stereocenters. The van der Waals surface area contributed by atoms with Crippen molar-refractivity contribution >= 4 is 0 Å². The van der Waals surface area contributed by atoms with Crippen LogP contribution in [-0.4, -0.2) is 23.5 Å². The molecule has 19 heavy (non-hydrogen) atoms. The lowest BCUT2D eigenvalue weighted by atomic mass is 9.77. The Kier molecular flexibility index (Phi) is 4.19. The van der Waals surface area contributed by atoms with E-state index in [0.717, 1.165) is 31.1 Å². The van der Waals surface area contributed by atoms with Crippen molar-refractivity contribution in [2.24, 2.45) is 11.7 Å². The minimum Gasteiger partial charge on any atom is -0.330 e. The third-order valence-corrected chi connectivity index (χ3v) is 5.01. The average molecular weight is 258 g/mol. The molecule has 2 heterocycles. The molecule has 2 saturated heterocycles. The number of piperidine rings is 2. The smallest absolute Gasteiger partial charge is 0.0239 e. The lowest BCUT2D eigenvalue weighted by molar-refractivity contribution is 0.00553. The lowest BCUT2D eigenvalue weighted by Crippen LogP contribution is -2.51. The first-order valence-electron chi connectivity index (χ1n) is 7.86. The van der Waals surface area contributed by atoms with Crippen LogP contribution in [0, 0.1) is 5.92 Å². The van der Waals surface area contributed by atoms with Gasteiger partial charge in [0.1, 0.15) is 0 Å². The Morgan fingerprint density at radius 1 is 1.05 bits per heavy atom. The lowest BCUT2D eigenvalue weighted by Gasteiger charge is -2.49. The Morgan fingerprint density at radius 2 is 1.74 bits per heavy atom. The third kappa shape index (κ3) is 3.01. The third-order valence-electron chi connectivity index (χ3n) is 5.01. The summed E-state index contributed by atoms with van der Waals surface area (Å²) >= 11 is 0. The Morgan fingerprint density at radius 3 is 2.37 bits per heavy atom. The predicted molar refractivity (Wildman–Crippen MR) is 79.8 cm³/mol. The fourth-order valence-corrected chi connectivity index (χ4v) is 4.11. The second-order valence-electron chi connectivity index (χ2n) is 6.31. The number of rotatable bonds is 4. The van der Waals surface area contributed by atoms with Crippen LogP contribution < -0.4 is 5.73 Å². The Balaban J connectivity index is 1.68. The van der Waals surface area contributed by atoms with Gasteiger partial charge >= 0.3 is 0 Å². The first kappa shape index (κ1) is 13.1. The van der Waals surface area contributed by atoms with E-state index in [9.17, 15) is 0 Å². The number of fused-ring (bicyclic) bond motifs is 2. The second-order valence-corrected chi connectivity index (χ2v) is 6.31. The molecule has 2 fully saturated rings. The molecular formula is C17H26N2. The van der Waals surface area contributed by atoms with E-state index in [1.165, 1.54) is 44.1 Å². The molecule has 0 aromatic heterocycles. The summed E-state index contributed by atoms with van der Waals surface area (Å²) < 4.78 is 0. The van der Waals surface area contributed by atoms with E-state index in [-0.39, 0.29) is 0 Å². The fraction of sp³-hybridized carbons (Fsp3) is 0.647. The molecule has 2 atom stereocenters. The van der Waals surface area contributed by atoms with Crippen molar-refractivity contribution in [3.8, 4) is 0 Å². The van der Waals surface area contributed by atoms with E-state index in [4.69, 9.17) is 5.73 Å². The summed E-state index contributed by atoms with van der Waals surface area (Å²) in [7, 11) is 0. The van der Waals surface area contributed by atoms with Crippen LogP contribution in [0.5, 0.6) is 0 Å². The summed E-state index contributed by atoms with van der Waals surface area (Å²) in [6.45, 7) is 2.01. The highest BCUT2D eigenvalue weighted by Crippen LogP contribution is 2.38. The van der Waals surface area contributed by atoms with Crippen LogP contribution in [0.15, 0.2) is 30.3 Å². The fourth-order valence-electron chi connectivity index (χ4n) is 4.11. The molecule has 0 saturated carbocycles. The van der Waals surface area contributed by atoms with Gasteiger partial charge in [-0.3, -0.25) is 4.90 Å². The molecule has 1 aromatic rings. The Hall–Kier alpha value is -0.860. The van der Waals surface area contributed by atoms with E-state index < -0.39 is 0 Å². The Bertz CT molecular complexity index is 376. The van der Waals surface area contributed by atoms with Gasteiger partial charge in [-0.2, -0.15) is 0 Å². The van der Waals surface area contributed by atoms with Crippen molar-refractivity contribution in [3.05, 3.63) is 35.9 Å². The van der Waals surface area contributed by atoms with Crippen LogP contribution in [0.4, 0.5) is 0 Å². The zero-order chi connectivity index (χ0) is 13.1. The second kappa shape index (κ2) is 6.06. The summed E-state index contributed by atoms with van der Waals surface area (Å²) in [6.07, 6.45) is 8.19. The van der Waals surface area contributed by atoms with Gasteiger partial charge in [-0.05, 0) is 50.1 Å². The van der Waals surface area contributed by atoms with Gasteiger partial charge in [0.2, 0.25) is 0 Å². The van der Waals surface area contributed by atoms with E-state index in [1.807, 2.05) is 0 Å². The molecular weight excluding hydrogens is 232 g/mol. The maximum Gasteiger partial charge on any atom is 0.0239 e. The van der Waals surface area contributed by atoms with E-state index >= 15 is 0 Å². The number of hydrogen-bond donors (Lipinski definition) is 1. The van der Waals surface area contributed by atoms with Crippen molar-refractivity contribution in [3.63, 3.8) is 0 Å². The summed E-state index contributed by atoms with van der Waals surface area (Å²) in [6, 6.07) is 12.6. The van der Waals surface area contributed by atoms with Crippen molar-refractivity contribution in [1.29, 1.82) is 0 Å². The van der Waals surface area contributed by atoms with Gasteiger partial charge < -0.3 is 5.73 Å². The van der Waals surface area contributed by atoms with Gasteiger partial charge in [-0.1, -0.05) is 36.8 Å². The number of nitrogens with zero attached hydrogens (tertiary/aromatic N) is 1. The zero-order valence-electron chi connectivity index (χ0n) is 11.8. The van der Waals surface area contributed by atoms with Crippen LogP contribution in [0.1, 0.15) is 44.1 Å². The highest BCUT2D eigenvalue weighted by atomic mass is 15.2. The Labute approximate surface area is 117 Å². The van der Waals surface area contributed by atoms with Crippen molar-refractivity contribution in [1.82, 2.24) is 4.90 Å². The molecule has 1 aromatic carbocycles. The van der Waals surface area contributed by atoms with Gasteiger partial charge in [0.25, 0.3) is 0 Å². The monoisotopic (exact) mass is 258 g/mol. The average Bonchev–Trinajstić information content (AvgIpc) is 2.41. The minimum absolute atomic E-state index is 0.809. The molecule has 3 rings (SSSR count). The summed E-state index contributed by atoms with van der Waals surface area (Å²) in [5.41, 5.74) is 7.22. The number of hydrogen-bond acceptors (Lipinski definition) is 2. The van der Waals surface area contributed by atoms with E-state index in [0.29, 0.717) is 0 Å². The quantitative estimate of drug-likeness (QED) is 0.899. The number of benzene rings is 1. The highest BCUT2D eigenvalue weighted by molar-refractivity contribution is 5.15. The number of nitrogens with two attached hydrogens (primary N) is 1. The summed E-state index contributed by atoms with van der Waals surface area (Å²) in [4.78, 5) is 2.78. The van der Waals surface area contributed by atoms with Gasteiger partial charge in [0.05, 0.1) is 0 Å². The van der Waals surface area contributed by atoms with Gasteiger partial charge in [-0.15, -0.1) is 0 Å². The predicted octanol–water partition coefficient (Wildman–Crippen LogP) is 3.17. The molecule has 2 heteroatoms. The van der Waals surface area contributed by atoms with E-state index in [2.05, 4.69) is 35.2 Å². The SMILES string of the molecule is NCCC1CC2CCCC(C1)N2Cc1ccccc1. The molecule has 0 spiro atoms. The van der Waals surface area contributed by atoms with Crippen LogP contribution in [0.2, 0.25) is 0 Å². The van der Waals surface area contributed by atoms with Crippen molar-refractivity contribution in [2.75, 3.05) is 6.54 Å². The van der Waals surface area contributed by atoms with Gasteiger partial charge in [0.15, 0.2) is 0 Å². The largest absolute Gasteiger partial charge is 0.330 e. The molecule has 2 aliphatic rings. The van der Waals surface area contributed by atoms with E-state index in [1.54, 1.807) is 0 Å². The van der Waals surface area contributed by atoms with Crippen molar-refractivity contribution in [2.45, 2.75) is 57.2 Å². The molecule has 104 valence electrons. The van der Waals surface area contributed by atoms with Crippen LogP contribution >= 0.6 is 0 Å². The zero-order valence-corrected chi connectivity index (χ0v) is 11.8. The first-order chi connectivity index (χ1) is 9.36. The molecule has 2 nitrogen and oxygen atoms in total. The topological polar surface area (TPSA) is 29.3 Å². The molecule has 2 N–H and O–H groups in total. The summed E-state index contributed by atoms with van der Waals surface area (Å²) in [5.74, 6) is 0.882. The minimum atomic E-state index is 0.809. The maximum atomic E-state index is 5.75. The maximum absolute atomic E-state index is 5.75. The first-order valence-corrected chi connectivity index (χ1v) is 7.86.